The number of aliphatic hydroxyl groups excluding tert-OH is 1. The minimum absolute atomic E-state index is 0.201. The fourth-order valence-electron chi connectivity index (χ4n) is 1.39. The van der Waals surface area contributed by atoms with Gasteiger partial charge in [0.15, 0.2) is 0 Å². The molecule has 0 radical (unpaired) electrons. The summed E-state index contributed by atoms with van der Waals surface area (Å²) in [5.74, 6) is -0.718. The number of carboxylic acids is 1. The van der Waals surface area contributed by atoms with E-state index in [9.17, 15) is 4.79 Å². The van der Waals surface area contributed by atoms with Crippen LogP contribution in [0, 0.1) is 11.8 Å². The van der Waals surface area contributed by atoms with E-state index < -0.39 is 5.97 Å². The Balaban J connectivity index is 3.64. The van der Waals surface area contributed by atoms with E-state index in [0.717, 1.165) is 25.7 Å². The van der Waals surface area contributed by atoms with Gasteiger partial charge < -0.3 is 10.2 Å². The van der Waals surface area contributed by atoms with Crippen molar-refractivity contribution < 1.29 is 15.0 Å². The first-order chi connectivity index (χ1) is 6.09. The SMILES string of the molecule is CC(C)C(CCCCCO)C(=O)O. The van der Waals surface area contributed by atoms with Crippen LogP contribution in [0.4, 0.5) is 0 Å². The zero-order chi connectivity index (χ0) is 10.3. The lowest BCUT2D eigenvalue weighted by Gasteiger charge is -2.15. The number of carboxylic acid groups (broad SMARTS) is 1. The van der Waals surface area contributed by atoms with Crippen molar-refractivity contribution in [1.82, 2.24) is 0 Å². The predicted octanol–water partition coefficient (Wildman–Crippen LogP) is 1.90. The average molecular weight is 188 g/mol. The van der Waals surface area contributed by atoms with Gasteiger partial charge in [0.2, 0.25) is 0 Å². The zero-order valence-corrected chi connectivity index (χ0v) is 8.49. The fourth-order valence-corrected chi connectivity index (χ4v) is 1.39. The molecule has 0 aromatic rings. The van der Waals surface area contributed by atoms with Gasteiger partial charge in [0.05, 0.1) is 5.92 Å². The number of aliphatic carboxylic acids is 1. The monoisotopic (exact) mass is 188 g/mol. The molecule has 0 rings (SSSR count). The summed E-state index contributed by atoms with van der Waals surface area (Å²) in [7, 11) is 0. The Kier molecular flexibility index (Phi) is 6.59. The maximum atomic E-state index is 10.8. The molecular weight excluding hydrogens is 168 g/mol. The van der Waals surface area contributed by atoms with E-state index in [-0.39, 0.29) is 18.4 Å². The number of hydrogen-bond donors (Lipinski definition) is 2. The van der Waals surface area contributed by atoms with E-state index in [4.69, 9.17) is 10.2 Å². The third-order valence-corrected chi connectivity index (χ3v) is 2.30. The summed E-state index contributed by atoms with van der Waals surface area (Å²) in [6, 6.07) is 0. The average Bonchev–Trinajstić information content (AvgIpc) is 2.02. The van der Waals surface area contributed by atoms with Crippen molar-refractivity contribution in [2.45, 2.75) is 39.5 Å². The van der Waals surface area contributed by atoms with E-state index in [0.29, 0.717) is 0 Å². The molecule has 0 aliphatic heterocycles. The molecular formula is C10H20O3. The van der Waals surface area contributed by atoms with Crippen LogP contribution in [0.3, 0.4) is 0 Å². The number of rotatable bonds is 7. The minimum Gasteiger partial charge on any atom is -0.481 e. The molecule has 0 fully saturated rings. The van der Waals surface area contributed by atoms with Crippen LogP contribution in [0.25, 0.3) is 0 Å². The molecule has 1 atom stereocenters. The van der Waals surface area contributed by atoms with Crippen molar-refractivity contribution in [2.75, 3.05) is 6.61 Å². The maximum absolute atomic E-state index is 10.8. The molecule has 0 aromatic carbocycles. The molecule has 0 aromatic heterocycles. The highest BCUT2D eigenvalue weighted by Gasteiger charge is 2.20. The largest absolute Gasteiger partial charge is 0.481 e. The standard InChI is InChI=1S/C10H20O3/c1-8(2)9(10(12)13)6-4-3-5-7-11/h8-9,11H,3-7H2,1-2H3,(H,12,13). The van der Waals surface area contributed by atoms with Gasteiger partial charge >= 0.3 is 5.97 Å². The van der Waals surface area contributed by atoms with Gasteiger partial charge in [-0.05, 0) is 18.8 Å². The molecule has 0 bridgehead atoms. The highest BCUT2D eigenvalue weighted by molar-refractivity contribution is 5.70. The summed E-state index contributed by atoms with van der Waals surface area (Å²) in [6.45, 7) is 4.08. The van der Waals surface area contributed by atoms with Crippen LogP contribution in [-0.2, 0) is 4.79 Å². The first-order valence-corrected chi connectivity index (χ1v) is 4.93. The lowest BCUT2D eigenvalue weighted by Crippen LogP contribution is -2.19. The van der Waals surface area contributed by atoms with E-state index >= 15 is 0 Å². The Bertz CT molecular complexity index is 143. The van der Waals surface area contributed by atoms with Gasteiger partial charge in [-0.25, -0.2) is 0 Å². The third kappa shape index (κ3) is 5.64. The summed E-state index contributed by atoms with van der Waals surface area (Å²) in [4.78, 5) is 10.8. The van der Waals surface area contributed by atoms with Gasteiger partial charge in [0.1, 0.15) is 0 Å². The topological polar surface area (TPSA) is 57.5 Å². The molecule has 0 saturated heterocycles. The van der Waals surface area contributed by atoms with Crippen molar-refractivity contribution in [1.29, 1.82) is 0 Å². The molecule has 0 heterocycles. The second kappa shape index (κ2) is 6.89. The molecule has 0 saturated carbocycles. The van der Waals surface area contributed by atoms with Crippen LogP contribution < -0.4 is 0 Å². The second-order valence-electron chi connectivity index (χ2n) is 3.76. The molecule has 0 aliphatic carbocycles. The quantitative estimate of drug-likeness (QED) is 0.600. The fraction of sp³-hybridized carbons (Fsp3) is 0.900. The van der Waals surface area contributed by atoms with Crippen molar-refractivity contribution in [3.8, 4) is 0 Å². The Hall–Kier alpha value is -0.570. The number of aliphatic hydroxyl groups is 1. The van der Waals surface area contributed by atoms with Gasteiger partial charge in [-0.2, -0.15) is 0 Å². The summed E-state index contributed by atoms with van der Waals surface area (Å²) in [5.41, 5.74) is 0. The first-order valence-electron chi connectivity index (χ1n) is 4.93. The van der Waals surface area contributed by atoms with E-state index in [2.05, 4.69) is 0 Å². The Labute approximate surface area is 79.8 Å². The van der Waals surface area contributed by atoms with Gasteiger partial charge in [-0.1, -0.05) is 26.7 Å². The van der Waals surface area contributed by atoms with Gasteiger partial charge in [-0.3, -0.25) is 4.79 Å². The Morgan fingerprint density at radius 1 is 1.23 bits per heavy atom. The molecule has 0 aliphatic rings. The third-order valence-electron chi connectivity index (χ3n) is 2.30. The normalized spacial score (nSPS) is 13.2. The van der Waals surface area contributed by atoms with Crippen LogP contribution >= 0.6 is 0 Å². The molecule has 0 amide bonds. The summed E-state index contributed by atoms with van der Waals surface area (Å²) >= 11 is 0. The van der Waals surface area contributed by atoms with Crippen LogP contribution in [0.1, 0.15) is 39.5 Å². The van der Waals surface area contributed by atoms with Crippen molar-refractivity contribution in [2.24, 2.45) is 11.8 Å². The lowest BCUT2D eigenvalue weighted by molar-refractivity contribution is -0.143. The van der Waals surface area contributed by atoms with Gasteiger partial charge in [-0.15, -0.1) is 0 Å². The Morgan fingerprint density at radius 2 is 1.85 bits per heavy atom. The predicted molar refractivity (Wildman–Crippen MR) is 51.5 cm³/mol. The van der Waals surface area contributed by atoms with Crippen molar-refractivity contribution >= 4 is 5.97 Å². The zero-order valence-electron chi connectivity index (χ0n) is 8.49. The number of unbranched alkanes of at least 4 members (excludes halogenated alkanes) is 2. The molecule has 3 nitrogen and oxygen atoms in total. The van der Waals surface area contributed by atoms with Crippen molar-refractivity contribution in [3.05, 3.63) is 0 Å². The first kappa shape index (κ1) is 12.4. The molecule has 0 spiro atoms. The molecule has 13 heavy (non-hydrogen) atoms. The molecule has 2 N–H and O–H groups in total. The van der Waals surface area contributed by atoms with Crippen molar-refractivity contribution in [3.63, 3.8) is 0 Å². The smallest absolute Gasteiger partial charge is 0.306 e. The lowest BCUT2D eigenvalue weighted by atomic mass is 9.90. The Morgan fingerprint density at radius 3 is 2.23 bits per heavy atom. The van der Waals surface area contributed by atoms with Crippen LogP contribution in [0.15, 0.2) is 0 Å². The number of carbonyl (C=O) groups is 1. The summed E-state index contributed by atoms with van der Waals surface area (Å²) in [6.07, 6.45) is 3.33. The minimum atomic E-state index is -0.695. The molecule has 3 heteroatoms. The molecule has 1 unspecified atom stereocenters. The number of hydrogen-bond acceptors (Lipinski definition) is 2. The summed E-state index contributed by atoms with van der Waals surface area (Å²) in [5, 5.41) is 17.4. The highest BCUT2D eigenvalue weighted by Crippen LogP contribution is 2.18. The van der Waals surface area contributed by atoms with Crippen LogP contribution in [0.2, 0.25) is 0 Å². The van der Waals surface area contributed by atoms with E-state index in [1.807, 2.05) is 13.8 Å². The van der Waals surface area contributed by atoms with Crippen LogP contribution in [-0.4, -0.2) is 22.8 Å². The van der Waals surface area contributed by atoms with Gasteiger partial charge in [0.25, 0.3) is 0 Å². The van der Waals surface area contributed by atoms with Crippen LogP contribution in [0.5, 0.6) is 0 Å². The van der Waals surface area contributed by atoms with Gasteiger partial charge in [0, 0.05) is 6.61 Å². The summed E-state index contributed by atoms with van der Waals surface area (Å²) < 4.78 is 0. The molecule has 78 valence electrons. The van der Waals surface area contributed by atoms with E-state index in [1.54, 1.807) is 0 Å². The highest BCUT2D eigenvalue weighted by atomic mass is 16.4. The second-order valence-corrected chi connectivity index (χ2v) is 3.76. The maximum Gasteiger partial charge on any atom is 0.306 e. The van der Waals surface area contributed by atoms with E-state index in [1.165, 1.54) is 0 Å².